The van der Waals surface area contributed by atoms with Gasteiger partial charge in [0, 0.05) is 49.8 Å². The van der Waals surface area contributed by atoms with Crippen LogP contribution in [0.5, 0.6) is 0 Å². The quantitative estimate of drug-likeness (QED) is 0.222. The second-order valence-corrected chi connectivity index (χ2v) is 10.3. The van der Waals surface area contributed by atoms with E-state index in [1.54, 1.807) is 12.4 Å². The Bertz CT molecular complexity index is 941. The van der Waals surface area contributed by atoms with Gasteiger partial charge in [0.1, 0.15) is 0 Å². The van der Waals surface area contributed by atoms with Crippen LogP contribution in [0, 0.1) is 0 Å². The maximum absolute atomic E-state index is 13.1. The number of nitrogens with zero attached hydrogens (tertiary/aromatic N) is 2. The lowest BCUT2D eigenvalue weighted by atomic mass is 10.1. The first-order valence-electron chi connectivity index (χ1n) is 14.5. The Labute approximate surface area is 223 Å². The molecule has 3 rings (SSSR count). The predicted octanol–water partition coefficient (Wildman–Crippen LogP) is 7.25. The van der Waals surface area contributed by atoms with Gasteiger partial charge in [-0.2, -0.15) is 0 Å². The molecule has 1 aromatic heterocycles. The van der Waals surface area contributed by atoms with Crippen molar-refractivity contribution in [1.29, 1.82) is 0 Å². The summed E-state index contributed by atoms with van der Waals surface area (Å²) in [7, 11) is 0. The number of benzene rings is 1. The van der Waals surface area contributed by atoms with E-state index in [4.69, 9.17) is 0 Å². The Morgan fingerprint density at radius 1 is 0.892 bits per heavy atom. The summed E-state index contributed by atoms with van der Waals surface area (Å²) < 4.78 is 0. The van der Waals surface area contributed by atoms with E-state index in [9.17, 15) is 9.59 Å². The third kappa shape index (κ3) is 10.6. The van der Waals surface area contributed by atoms with Crippen molar-refractivity contribution in [2.75, 3.05) is 23.3 Å². The lowest BCUT2D eigenvalue weighted by Gasteiger charge is -2.22. The van der Waals surface area contributed by atoms with E-state index >= 15 is 0 Å². The number of aromatic nitrogens is 1. The number of hydrogen-bond donors (Lipinski definition) is 2. The van der Waals surface area contributed by atoms with Crippen LogP contribution in [0.3, 0.4) is 0 Å². The van der Waals surface area contributed by atoms with Gasteiger partial charge in [0.05, 0.1) is 5.56 Å². The zero-order valence-electron chi connectivity index (χ0n) is 22.8. The molecule has 0 aliphatic carbocycles. The molecule has 0 atom stereocenters. The number of nitrogens with one attached hydrogen (secondary N) is 2. The van der Waals surface area contributed by atoms with Crippen molar-refractivity contribution < 1.29 is 9.59 Å². The molecule has 1 aromatic carbocycles. The SMILES string of the molecule is CCCCCCCCCCCCCC(=O)Nc1ccc(N2CCCC2)c(C(=O)NCc2cccnc2)c1. The monoisotopic (exact) mass is 506 g/mol. The van der Waals surface area contributed by atoms with E-state index in [0.29, 0.717) is 24.2 Å². The van der Waals surface area contributed by atoms with Crippen molar-refractivity contribution in [2.24, 2.45) is 0 Å². The molecule has 6 heteroatoms. The van der Waals surface area contributed by atoms with Gasteiger partial charge in [-0.05, 0) is 49.1 Å². The molecule has 6 nitrogen and oxygen atoms in total. The van der Waals surface area contributed by atoms with Crippen molar-refractivity contribution in [1.82, 2.24) is 10.3 Å². The van der Waals surface area contributed by atoms with E-state index in [1.165, 1.54) is 57.8 Å². The number of anilines is 2. The van der Waals surface area contributed by atoms with E-state index in [0.717, 1.165) is 50.0 Å². The first-order valence-corrected chi connectivity index (χ1v) is 14.5. The molecule has 1 fully saturated rings. The van der Waals surface area contributed by atoms with Gasteiger partial charge in [0.2, 0.25) is 5.91 Å². The first kappa shape index (κ1) is 28.7. The normalized spacial score (nSPS) is 13.1. The molecule has 37 heavy (non-hydrogen) atoms. The zero-order chi connectivity index (χ0) is 26.1. The van der Waals surface area contributed by atoms with Crippen LogP contribution in [0.25, 0.3) is 0 Å². The molecule has 2 aromatic rings. The van der Waals surface area contributed by atoms with Gasteiger partial charge in [-0.25, -0.2) is 0 Å². The van der Waals surface area contributed by atoms with Gasteiger partial charge in [-0.15, -0.1) is 0 Å². The number of rotatable bonds is 17. The summed E-state index contributed by atoms with van der Waals surface area (Å²) in [4.78, 5) is 32.1. The lowest BCUT2D eigenvalue weighted by molar-refractivity contribution is -0.116. The minimum absolute atomic E-state index is 0.0200. The van der Waals surface area contributed by atoms with Gasteiger partial charge >= 0.3 is 0 Å². The minimum Gasteiger partial charge on any atom is -0.371 e. The van der Waals surface area contributed by atoms with Gasteiger partial charge in [0.15, 0.2) is 0 Å². The van der Waals surface area contributed by atoms with Crippen molar-refractivity contribution in [3.8, 4) is 0 Å². The van der Waals surface area contributed by atoms with E-state index in [-0.39, 0.29) is 11.8 Å². The van der Waals surface area contributed by atoms with E-state index in [2.05, 4.69) is 27.4 Å². The number of carbonyl (C=O) groups excluding carboxylic acids is 2. The Kier molecular flexibility index (Phi) is 13.0. The summed E-state index contributed by atoms with van der Waals surface area (Å²) >= 11 is 0. The Morgan fingerprint density at radius 2 is 1.57 bits per heavy atom. The summed E-state index contributed by atoms with van der Waals surface area (Å²) in [5.74, 6) is -0.112. The Hall–Kier alpha value is -2.89. The van der Waals surface area contributed by atoms with Gasteiger partial charge in [-0.3, -0.25) is 14.6 Å². The summed E-state index contributed by atoms with van der Waals surface area (Å²) in [5, 5.41) is 6.03. The van der Waals surface area contributed by atoms with Crippen molar-refractivity contribution in [3.05, 3.63) is 53.9 Å². The molecule has 2 amide bonds. The van der Waals surface area contributed by atoms with E-state index < -0.39 is 0 Å². The van der Waals surface area contributed by atoms with Crippen LogP contribution in [-0.2, 0) is 11.3 Å². The average Bonchev–Trinajstić information content (AvgIpc) is 3.46. The Morgan fingerprint density at radius 3 is 2.22 bits per heavy atom. The highest BCUT2D eigenvalue weighted by atomic mass is 16.2. The fraction of sp³-hybridized carbons (Fsp3) is 0.581. The van der Waals surface area contributed by atoms with Crippen LogP contribution >= 0.6 is 0 Å². The molecule has 1 aliphatic rings. The van der Waals surface area contributed by atoms with Gasteiger partial charge < -0.3 is 15.5 Å². The summed E-state index contributed by atoms with van der Waals surface area (Å²) in [6, 6.07) is 9.53. The highest BCUT2D eigenvalue weighted by Crippen LogP contribution is 2.28. The summed E-state index contributed by atoms with van der Waals surface area (Å²) in [6.45, 7) is 4.58. The summed E-state index contributed by atoms with van der Waals surface area (Å²) in [5.41, 5.74) is 3.18. The fourth-order valence-electron chi connectivity index (χ4n) is 4.98. The Balaban J connectivity index is 1.43. The molecule has 0 spiro atoms. The largest absolute Gasteiger partial charge is 0.371 e. The second kappa shape index (κ2) is 16.8. The van der Waals surface area contributed by atoms with Crippen LogP contribution in [0.15, 0.2) is 42.7 Å². The fourth-order valence-corrected chi connectivity index (χ4v) is 4.98. The molecule has 0 bridgehead atoms. The highest BCUT2D eigenvalue weighted by Gasteiger charge is 2.20. The minimum atomic E-state index is -0.132. The number of amides is 2. The van der Waals surface area contributed by atoms with E-state index in [1.807, 2.05) is 30.3 Å². The van der Waals surface area contributed by atoms with Gasteiger partial charge in [-0.1, -0.05) is 77.2 Å². The first-order chi connectivity index (χ1) is 18.2. The lowest BCUT2D eigenvalue weighted by Crippen LogP contribution is -2.27. The molecular formula is C31H46N4O2. The number of carbonyl (C=O) groups is 2. The number of unbranched alkanes of at least 4 members (excludes halogenated alkanes) is 10. The molecule has 202 valence electrons. The smallest absolute Gasteiger partial charge is 0.253 e. The van der Waals surface area contributed by atoms with Crippen LogP contribution < -0.4 is 15.5 Å². The van der Waals surface area contributed by atoms with Crippen LogP contribution in [0.1, 0.15) is 113 Å². The molecule has 1 saturated heterocycles. The van der Waals surface area contributed by atoms with Gasteiger partial charge in [0.25, 0.3) is 5.91 Å². The maximum Gasteiger partial charge on any atom is 0.253 e. The van der Waals surface area contributed by atoms with Crippen molar-refractivity contribution >= 4 is 23.2 Å². The molecular weight excluding hydrogens is 460 g/mol. The number of pyridine rings is 1. The standard InChI is InChI=1S/C31H46N4O2/c1-2-3-4-5-6-7-8-9-10-11-12-17-30(36)34-27-18-19-29(35-21-13-14-22-35)28(23-27)31(37)33-25-26-16-15-20-32-24-26/h15-16,18-20,23-24H,2-14,17,21-22,25H2,1H3,(H,33,37)(H,34,36). The van der Waals surface area contributed by atoms with Crippen LogP contribution in [0.4, 0.5) is 11.4 Å². The van der Waals surface area contributed by atoms with Crippen molar-refractivity contribution in [2.45, 2.75) is 103 Å². The molecule has 1 aliphatic heterocycles. The van der Waals surface area contributed by atoms with Crippen molar-refractivity contribution in [3.63, 3.8) is 0 Å². The molecule has 2 heterocycles. The highest BCUT2D eigenvalue weighted by molar-refractivity contribution is 6.02. The maximum atomic E-state index is 13.1. The predicted molar refractivity (Wildman–Crippen MR) is 153 cm³/mol. The second-order valence-electron chi connectivity index (χ2n) is 10.3. The molecule has 0 unspecified atom stereocenters. The average molecular weight is 507 g/mol. The third-order valence-electron chi connectivity index (χ3n) is 7.15. The topological polar surface area (TPSA) is 74.3 Å². The zero-order valence-corrected chi connectivity index (χ0v) is 22.8. The molecule has 2 N–H and O–H groups in total. The summed E-state index contributed by atoms with van der Waals surface area (Å²) in [6.07, 6.45) is 20.2. The van der Waals surface area contributed by atoms with Crippen LogP contribution in [0.2, 0.25) is 0 Å². The third-order valence-corrected chi connectivity index (χ3v) is 7.15. The molecule has 0 radical (unpaired) electrons. The van der Waals surface area contributed by atoms with Crippen LogP contribution in [-0.4, -0.2) is 29.9 Å². The number of hydrogen-bond acceptors (Lipinski definition) is 4. The molecule has 0 saturated carbocycles.